The molecule has 0 fully saturated rings. The van der Waals surface area contributed by atoms with Crippen molar-refractivity contribution in [1.29, 1.82) is 0 Å². The third-order valence-electron chi connectivity index (χ3n) is 3.42. The fourth-order valence-electron chi connectivity index (χ4n) is 2.53. The van der Waals surface area contributed by atoms with Crippen molar-refractivity contribution in [3.8, 4) is 5.75 Å². The second kappa shape index (κ2) is 6.06. The second-order valence-electron chi connectivity index (χ2n) is 4.70. The molecule has 104 valence electrons. The molecule has 1 heterocycles. The molecule has 0 aliphatic carbocycles. The highest BCUT2D eigenvalue weighted by molar-refractivity contribution is 9.08. The van der Waals surface area contributed by atoms with Gasteiger partial charge < -0.3 is 9.64 Å². The minimum Gasteiger partial charge on any atom is -0.491 e. The van der Waals surface area contributed by atoms with Crippen LogP contribution in [0.4, 0.5) is 11.4 Å². The lowest BCUT2D eigenvalue weighted by molar-refractivity contribution is 0.322. The van der Waals surface area contributed by atoms with Gasteiger partial charge in [-0.25, -0.2) is 0 Å². The van der Waals surface area contributed by atoms with Crippen molar-refractivity contribution in [3.63, 3.8) is 0 Å². The molecule has 0 amide bonds. The molecular formula is C16H15BrClNO. The van der Waals surface area contributed by atoms with Crippen molar-refractivity contribution in [2.24, 2.45) is 0 Å². The topological polar surface area (TPSA) is 12.5 Å². The van der Waals surface area contributed by atoms with Gasteiger partial charge in [0.05, 0.1) is 23.0 Å². The summed E-state index contributed by atoms with van der Waals surface area (Å²) in [6.45, 7) is 1.64. The summed E-state index contributed by atoms with van der Waals surface area (Å²) in [6.07, 6.45) is 0.974. The van der Waals surface area contributed by atoms with Crippen LogP contribution in [0.2, 0.25) is 5.02 Å². The SMILES string of the molecule is Clc1cccc(CBr)c1N1CCCOc2ccccc21. The first-order chi connectivity index (χ1) is 9.81. The van der Waals surface area contributed by atoms with Gasteiger partial charge in [0.15, 0.2) is 0 Å². The Bertz CT molecular complexity index is 617. The second-order valence-corrected chi connectivity index (χ2v) is 5.67. The van der Waals surface area contributed by atoms with Crippen LogP contribution in [0.15, 0.2) is 42.5 Å². The van der Waals surface area contributed by atoms with Gasteiger partial charge in [0.25, 0.3) is 0 Å². The summed E-state index contributed by atoms with van der Waals surface area (Å²) in [5.74, 6) is 0.922. The lowest BCUT2D eigenvalue weighted by atomic mass is 10.1. The van der Waals surface area contributed by atoms with Crippen molar-refractivity contribution in [1.82, 2.24) is 0 Å². The molecule has 0 atom stereocenters. The number of para-hydroxylation sites is 3. The van der Waals surface area contributed by atoms with Gasteiger partial charge in [-0.15, -0.1) is 0 Å². The number of halogens is 2. The molecule has 3 rings (SSSR count). The minimum atomic E-state index is 0.738. The smallest absolute Gasteiger partial charge is 0.142 e. The Balaban J connectivity index is 2.15. The van der Waals surface area contributed by atoms with E-state index in [0.29, 0.717) is 0 Å². The first kappa shape index (κ1) is 13.8. The van der Waals surface area contributed by atoms with Crippen LogP contribution in [0, 0.1) is 0 Å². The molecule has 2 nitrogen and oxygen atoms in total. The van der Waals surface area contributed by atoms with E-state index < -0.39 is 0 Å². The van der Waals surface area contributed by atoms with Crippen LogP contribution in [0.1, 0.15) is 12.0 Å². The summed E-state index contributed by atoms with van der Waals surface area (Å²) < 4.78 is 5.82. The van der Waals surface area contributed by atoms with Crippen LogP contribution >= 0.6 is 27.5 Å². The summed E-state index contributed by atoms with van der Waals surface area (Å²) in [5.41, 5.74) is 3.35. The van der Waals surface area contributed by atoms with E-state index in [1.54, 1.807) is 0 Å². The Labute approximate surface area is 132 Å². The molecule has 2 aromatic rings. The van der Waals surface area contributed by atoms with Crippen molar-refractivity contribution < 1.29 is 4.74 Å². The first-order valence-electron chi connectivity index (χ1n) is 6.64. The van der Waals surface area contributed by atoms with Crippen LogP contribution in [-0.4, -0.2) is 13.2 Å². The average Bonchev–Trinajstić information content (AvgIpc) is 2.69. The standard InChI is InChI=1S/C16H15BrClNO/c17-11-12-5-3-6-13(18)16(12)19-9-4-10-20-15-8-2-1-7-14(15)19/h1-3,5-8H,4,9-11H2. The van der Waals surface area contributed by atoms with Gasteiger partial charge in [0, 0.05) is 11.9 Å². The van der Waals surface area contributed by atoms with E-state index in [1.807, 2.05) is 30.3 Å². The van der Waals surface area contributed by atoms with Gasteiger partial charge in [-0.3, -0.25) is 0 Å². The molecule has 4 heteroatoms. The number of nitrogens with zero attached hydrogens (tertiary/aromatic N) is 1. The largest absolute Gasteiger partial charge is 0.491 e. The Morgan fingerprint density at radius 3 is 2.85 bits per heavy atom. The number of rotatable bonds is 2. The lowest BCUT2D eigenvalue weighted by Crippen LogP contribution is -2.19. The Morgan fingerprint density at radius 1 is 1.15 bits per heavy atom. The first-order valence-corrected chi connectivity index (χ1v) is 8.14. The van der Waals surface area contributed by atoms with E-state index in [2.05, 4.69) is 33.0 Å². The molecule has 0 saturated carbocycles. The summed E-state index contributed by atoms with van der Waals surface area (Å²) in [4.78, 5) is 2.27. The molecule has 20 heavy (non-hydrogen) atoms. The molecule has 1 aliphatic heterocycles. The van der Waals surface area contributed by atoms with Crippen LogP contribution in [0.3, 0.4) is 0 Å². The number of benzene rings is 2. The monoisotopic (exact) mass is 351 g/mol. The zero-order valence-electron chi connectivity index (χ0n) is 11.0. The molecule has 2 aromatic carbocycles. The molecule has 0 aromatic heterocycles. The van der Waals surface area contributed by atoms with Crippen LogP contribution in [-0.2, 0) is 5.33 Å². The molecular weight excluding hydrogens is 338 g/mol. The molecule has 0 bridgehead atoms. The molecule has 1 aliphatic rings. The number of anilines is 2. The summed E-state index contributed by atoms with van der Waals surface area (Å²) >= 11 is 10.0. The quantitative estimate of drug-likeness (QED) is 0.693. The number of alkyl halides is 1. The van der Waals surface area contributed by atoms with Crippen LogP contribution in [0.25, 0.3) is 0 Å². The number of fused-ring (bicyclic) bond motifs is 1. The summed E-state index contributed by atoms with van der Waals surface area (Å²) in [5, 5.41) is 1.56. The molecule has 0 saturated heterocycles. The van der Waals surface area contributed by atoms with Gasteiger partial charge in [-0.05, 0) is 30.2 Å². The van der Waals surface area contributed by atoms with Crippen molar-refractivity contribution in [2.75, 3.05) is 18.1 Å². The maximum Gasteiger partial charge on any atom is 0.142 e. The predicted molar refractivity (Wildman–Crippen MR) is 87.6 cm³/mol. The maximum absolute atomic E-state index is 6.46. The van der Waals surface area contributed by atoms with Crippen LogP contribution in [0.5, 0.6) is 5.75 Å². The Hall–Kier alpha value is -1.19. The third-order valence-corrected chi connectivity index (χ3v) is 4.33. The highest BCUT2D eigenvalue weighted by Crippen LogP contribution is 2.41. The zero-order chi connectivity index (χ0) is 13.9. The van der Waals surface area contributed by atoms with E-state index in [1.165, 1.54) is 5.56 Å². The molecule has 0 unspecified atom stereocenters. The van der Waals surface area contributed by atoms with Crippen molar-refractivity contribution >= 4 is 38.9 Å². The highest BCUT2D eigenvalue weighted by Gasteiger charge is 2.21. The number of ether oxygens (including phenoxy) is 1. The molecule has 0 N–H and O–H groups in total. The average molecular weight is 353 g/mol. The number of hydrogen-bond acceptors (Lipinski definition) is 2. The maximum atomic E-state index is 6.46. The van der Waals surface area contributed by atoms with E-state index >= 15 is 0 Å². The Kier molecular flexibility index (Phi) is 4.18. The Morgan fingerprint density at radius 2 is 2.00 bits per heavy atom. The van der Waals surface area contributed by atoms with Gasteiger partial charge in [0.1, 0.15) is 5.75 Å². The fraction of sp³-hybridized carbons (Fsp3) is 0.250. The lowest BCUT2D eigenvalue weighted by Gasteiger charge is -2.27. The minimum absolute atomic E-state index is 0.738. The normalized spacial score (nSPS) is 14.4. The predicted octanol–water partition coefficient (Wildman–Crippen LogP) is 5.16. The summed E-state index contributed by atoms with van der Waals surface area (Å²) in [6, 6.07) is 14.2. The van der Waals surface area contributed by atoms with Gasteiger partial charge >= 0.3 is 0 Å². The zero-order valence-corrected chi connectivity index (χ0v) is 13.3. The highest BCUT2D eigenvalue weighted by atomic mass is 79.9. The van der Waals surface area contributed by atoms with Gasteiger partial charge in [-0.2, -0.15) is 0 Å². The van der Waals surface area contributed by atoms with E-state index in [-0.39, 0.29) is 0 Å². The van der Waals surface area contributed by atoms with Gasteiger partial charge in [-0.1, -0.05) is 51.8 Å². The van der Waals surface area contributed by atoms with E-state index in [0.717, 1.165) is 47.0 Å². The third kappa shape index (κ3) is 2.52. The molecule has 0 radical (unpaired) electrons. The van der Waals surface area contributed by atoms with E-state index in [4.69, 9.17) is 16.3 Å². The fourth-order valence-corrected chi connectivity index (χ4v) is 3.28. The van der Waals surface area contributed by atoms with Gasteiger partial charge in [0.2, 0.25) is 0 Å². The number of hydrogen-bond donors (Lipinski definition) is 0. The van der Waals surface area contributed by atoms with E-state index in [9.17, 15) is 0 Å². The van der Waals surface area contributed by atoms with Crippen LogP contribution < -0.4 is 9.64 Å². The van der Waals surface area contributed by atoms with Crippen molar-refractivity contribution in [3.05, 3.63) is 53.1 Å². The van der Waals surface area contributed by atoms with Crippen molar-refractivity contribution in [2.45, 2.75) is 11.8 Å². The molecule has 0 spiro atoms. The summed E-state index contributed by atoms with van der Waals surface area (Å²) in [7, 11) is 0.